The minimum atomic E-state index is 0.368. The predicted molar refractivity (Wildman–Crippen MR) is 113 cm³/mol. The first-order valence-electron chi connectivity index (χ1n) is 8.90. The summed E-state index contributed by atoms with van der Waals surface area (Å²) in [5, 5.41) is 27.2. The Bertz CT molecular complexity index is 815. The monoisotopic (exact) mass is 366 g/mol. The Kier molecular flexibility index (Phi) is 8.40. The van der Waals surface area contributed by atoms with E-state index in [9.17, 15) is 5.11 Å². The van der Waals surface area contributed by atoms with E-state index in [0.29, 0.717) is 17.2 Å². The van der Waals surface area contributed by atoms with Crippen LogP contribution in [-0.4, -0.2) is 15.3 Å². The van der Waals surface area contributed by atoms with E-state index in [0.717, 1.165) is 22.3 Å². The summed E-state index contributed by atoms with van der Waals surface area (Å²) in [5.74, 6) is 1.14. The summed E-state index contributed by atoms with van der Waals surface area (Å²) in [6.07, 6.45) is 0. The number of rotatable bonds is 0. The van der Waals surface area contributed by atoms with Crippen molar-refractivity contribution < 1.29 is 15.3 Å². The second-order valence-electron chi connectivity index (χ2n) is 6.66. The van der Waals surface area contributed by atoms with Crippen molar-refractivity contribution in [3.05, 3.63) is 88.0 Å². The molecule has 3 N–H and O–H groups in total. The van der Waals surface area contributed by atoms with Crippen LogP contribution >= 0.6 is 0 Å². The molecule has 0 aliphatic rings. The third-order valence-electron chi connectivity index (χ3n) is 4.72. The topological polar surface area (TPSA) is 60.7 Å². The summed E-state index contributed by atoms with van der Waals surface area (Å²) in [6.45, 7) is 11.7. The van der Waals surface area contributed by atoms with Crippen LogP contribution in [0.5, 0.6) is 17.2 Å². The molecule has 0 radical (unpaired) electrons. The Morgan fingerprint density at radius 2 is 0.889 bits per heavy atom. The zero-order valence-electron chi connectivity index (χ0n) is 17.0. The summed E-state index contributed by atoms with van der Waals surface area (Å²) < 4.78 is 0. The second kappa shape index (κ2) is 10.3. The molecule has 0 amide bonds. The Labute approximate surface area is 162 Å². The summed E-state index contributed by atoms with van der Waals surface area (Å²) in [6, 6.07) is 16.4. The third kappa shape index (κ3) is 6.70. The Hall–Kier alpha value is -2.94. The van der Waals surface area contributed by atoms with Crippen LogP contribution in [-0.2, 0) is 0 Å². The lowest BCUT2D eigenvalue weighted by Gasteiger charge is -2.04. The van der Waals surface area contributed by atoms with Crippen molar-refractivity contribution >= 4 is 0 Å². The van der Waals surface area contributed by atoms with E-state index in [1.807, 2.05) is 77.9 Å². The number of phenolic OH excluding ortho intramolecular Hbond substituents is 3. The fourth-order valence-electron chi connectivity index (χ4n) is 2.24. The maximum Gasteiger partial charge on any atom is 0.118 e. The highest BCUT2D eigenvalue weighted by Crippen LogP contribution is 2.21. The molecule has 0 saturated carbocycles. The van der Waals surface area contributed by atoms with Gasteiger partial charge in [0, 0.05) is 0 Å². The summed E-state index contributed by atoms with van der Waals surface area (Å²) in [4.78, 5) is 0. The van der Waals surface area contributed by atoms with Crippen molar-refractivity contribution in [1.29, 1.82) is 0 Å². The lowest BCUT2D eigenvalue weighted by atomic mass is 10.0. The van der Waals surface area contributed by atoms with Gasteiger partial charge < -0.3 is 15.3 Å². The molecular weight excluding hydrogens is 336 g/mol. The highest BCUT2D eigenvalue weighted by Gasteiger charge is 2.00. The lowest BCUT2D eigenvalue weighted by molar-refractivity contribution is 0.470. The zero-order valence-corrected chi connectivity index (χ0v) is 17.0. The quantitative estimate of drug-likeness (QED) is 0.455. The molecule has 0 aliphatic carbocycles. The van der Waals surface area contributed by atoms with Crippen LogP contribution in [0.15, 0.2) is 54.6 Å². The van der Waals surface area contributed by atoms with Crippen LogP contribution < -0.4 is 0 Å². The van der Waals surface area contributed by atoms with E-state index in [-0.39, 0.29) is 0 Å². The summed E-state index contributed by atoms with van der Waals surface area (Å²) >= 11 is 0. The summed E-state index contributed by atoms with van der Waals surface area (Å²) in [7, 11) is 0. The minimum absolute atomic E-state index is 0.368. The van der Waals surface area contributed by atoms with Gasteiger partial charge in [0.25, 0.3) is 0 Å². The Morgan fingerprint density at radius 1 is 0.407 bits per heavy atom. The van der Waals surface area contributed by atoms with Crippen molar-refractivity contribution in [2.45, 2.75) is 41.5 Å². The zero-order chi connectivity index (χ0) is 20.6. The first-order valence-corrected chi connectivity index (χ1v) is 8.90. The number of benzene rings is 3. The minimum Gasteiger partial charge on any atom is -0.508 e. The number of aromatic hydroxyl groups is 3. The number of hydrogen-bond acceptors (Lipinski definition) is 3. The molecule has 0 atom stereocenters. The molecule has 0 bridgehead atoms. The normalized spacial score (nSPS) is 9.56. The molecule has 0 fully saturated rings. The van der Waals surface area contributed by atoms with Gasteiger partial charge in [0.1, 0.15) is 17.2 Å². The molecule has 144 valence electrons. The highest BCUT2D eigenvalue weighted by atomic mass is 16.3. The number of hydrogen-bond donors (Lipinski definition) is 3. The first kappa shape index (κ1) is 22.1. The molecule has 0 aromatic heterocycles. The molecule has 0 saturated heterocycles. The molecule has 3 nitrogen and oxygen atoms in total. The molecule has 0 heterocycles. The molecule has 3 heteroatoms. The molecule has 0 aliphatic heterocycles. The van der Waals surface area contributed by atoms with Crippen LogP contribution in [0.25, 0.3) is 0 Å². The van der Waals surface area contributed by atoms with E-state index in [1.54, 1.807) is 18.2 Å². The van der Waals surface area contributed by atoms with Gasteiger partial charge in [0.2, 0.25) is 0 Å². The molecule has 27 heavy (non-hydrogen) atoms. The fourth-order valence-corrected chi connectivity index (χ4v) is 2.24. The predicted octanol–water partition coefficient (Wildman–Crippen LogP) is 6.03. The molecule has 3 rings (SSSR count). The standard InChI is InChI=1S/C9H12O.C8H10O.C7H8O/c1-6-4-5-9(10)8(3)7(6)2;1-6-4-3-5-8(9)7(6)2;1-6-4-2-3-5-7(6)8/h4-5,10H,1-3H3;3-5,9H,1-2H3;2-5,8H,1H3. The summed E-state index contributed by atoms with van der Waals surface area (Å²) in [5.41, 5.74) is 6.43. The van der Waals surface area contributed by atoms with Crippen LogP contribution in [0, 0.1) is 41.5 Å². The van der Waals surface area contributed by atoms with Crippen molar-refractivity contribution in [2.24, 2.45) is 0 Å². The van der Waals surface area contributed by atoms with Crippen molar-refractivity contribution in [3.63, 3.8) is 0 Å². The number of phenols is 3. The third-order valence-corrected chi connectivity index (χ3v) is 4.72. The van der Waals surface area contributed by atoms with Gasteiger partial charge in [-0.05, 0) is 93.1 Å². The average molecular weight is 367 g/mol. The highest BCUT2D eigenvalue weighted by molar-refractivity contribution is 5.41. The smallest absolute Gasteiger partial charge is 0.118 e. The molecule has 0 spiro atoms. The van der Waals surface area contributed by atoms with E-state index < -0.39 is 0 Å². The van der Waals surface area contributed by atoms with Gasteiger partial charge in [-0.3, -0.25) is 0 Å². The van der Waals surface area contributed by atoms with Crippen LogP contribution in [0.3, 0.4) is 0 Å². The second-order valence-corrected chi connectivity index (χ2v) is 6.66. The lowest BCUT2D eigenvalue weighted by Crippen LogP contribution is -1.85. The van der Waals surface area contributed by atoms with Crippen molar-refractivity contribution in [2.75, 3.05) is 0 Å². The Balaban J connectivity index is 0.000000204. The molecule has 3 aromatic carbocycles. The van der Waals surface area contributed by atoms with Crippen LogP contribution in [0.1, 0.15) is 33.4 Å². The van der Waals surface area contributed by atoms with Gasteiger partial charge in [0.15, 0.2) is 0 Å². The molecular formula is C24H30O3. The maximum atomic E-state index is 9.22. The number of para-hydroxylation sites is 1. The average Bonchev–Trinajstić information content (AvgIpc) is 2.65. The maximum absolute atomic E-state index is 9.22. The molecule has 0 unspecified atom stereocenters. The van der Waals surface area contributed by atoms with E-state index in [1.165, 1.54) is 11.1 Å². The van der Waals surface area contributed by atoms with Crippen LogP contribution in [0.4, 0.5) is 0 Å². The van der Waals surface area contributed by atoms with Gasteiger partial charge in [0.05, 0.1) is 0 Å². The first-order chi connectivity index (χ1) is 12.6. The number of aryl methyl sites for hydroxylation is 3. The van der Waals surface area contributed by atoms with E-state index in [4.69, 9.17) is 10.2 Å². The van der Waals surface area contributed by atoms with Crippen molar-refractivity contribution in [1.82, 2.24) is 0 Å². The van der Waals surface area contributed by atoms with Gasteiger partial charge >= 0.3 is 0 Å². The van der Waals surface area contributed by atoms with Gasteiger partial charge in [-0.1, -0.05) is 36.4 Å². The molecule has 3 aromatic rings. The van der Waals surface area contributed by atoms with E-state index >= 15 is 0 Å². The Morgan fingerprint density at radius 3 is 1.33 bits per heavy atom. The van der Waals surface area contributed by atoms with Crippen LogP contribution in [0.2, 0.25) is 0 Å². The van der Waals surface area contributed by atoms with Gasteiger partial charge in [-0.2, -0.15) is 0 Å². The van der Waals surface area contributed by atoms with Crippen molar-refractivity contribution in [3.8, 4) is 17.2 Å². The van der Waals surface area contributed by atoms with E-state index in [2.05, 4.69) is 0 Å². The SMILES string of the molecule is Cc1ccc(O)c(C)c1C.Cc1cccc(O)c1C.Cc1ccccc1O. The van der Waals surface area contributed by atoms with Gasteiger partial charge in [-0.25, -0.2) is 0 Å². The van der Waals surface area contributed by atoms with Gasteiger partial charge in [-0.15, -0.1) is 0 Å². The fraction of sp³-hybridized carbons (Fsp3) is 0.250. The largest absolute Gasteiger partial charge is 0.508 e.